The number of rotatable bonds is 3. The van der Waals surface area contributed by atoms with Crippen LogP contribution in [-0.2, 0) is 16.1 Å². The van der Waals surface area contributed by atoms with Gasteiger partial charge in [-0.05, 0) is 19.4 Å². The number of fused-ring (bicyclic) bond motifs is 1. The molecule has 1 atom stereocenters. The van der Waals surface area contributed by atoms with Crippen LogP contribution < -0.4 is 5.56 Å². The molecule has 0 aromatic carbocycles. The summed E-state index contributed by atoms with van der Waals surface area (Å²) >= 11 is 1.43. The molecule has 21 heavy (non-hydrogen) atoms. The number of carbonyl (C=O) groups is 1. The Hall–Kier alpha value is -1.73. The number of esters is 1. The topological polar surface area (TPSA) is 63.9 Å². The van der Waals surface area contributed by atoms with Gasteiger partial charge in [0.15, 0.2) is 4.96 Å². The van der Waals surface area contributed by atoms with Crippen LogP contribution in [0.15, 0.2) is 22.4 Å². The number of carbonyl (C=O) groups excluding carboxylic acids is 1. The van der Waals surface area contributed by atoms with E-state index in [1.165, 1.54) is 22.8 Å². The van der Waals surface area contributed by atoms with Gasteiger partial charge in [0.2, 0.25) is 0 Å². The quantitative estimate of drug-likeness (QED) is 0.799. The lowest BCUT2D eigenvalue weighted by Gasteiger charge is -2.33. The molecule has 0 N–H and O–H groups in total. The van der Waals surface area contributed by atoms with E-state index in [-0.39, 0.29) is 17.6 Å². The molecule has 7 heteroatoms. The Morgan fingerprint density at radius 1 is 1.52 bits per heavy atom. The first-order valence-electron chi connectivity index (χ1n) is 6.96. The average molecular weight is 307 g/mol. The molecular weight excluding hydrogens is 290 g/mol. The monoisotopic (exact) mass is 307 g/mol. The molecule has 2 aromatic heterocycles. The van der Waals surface area contributed by atoms with Crippen LogP contribution in [0.3, 0.4) is 0 Å². The number of piperidine rings is 1. The van der Waals surface area contributed by atoms with Crippen molar-refractivity contribution in [2.24, 2.45) is 0 Å². The van der Waals surface area contributed by atoms with Crippen molar-refractivity contribution in [3.8, 4) is 0 Å². The third kappa shape index (κ3) is 2.84. The fourth-order valence-corrected chi connectivity index (χ4v) is 3.50. The summed E-state index contributed by atoms with van der Waals surface area (Å²) in [4.78, 5) is 31.1. The smallest absolute Gasteiger partial charge is 0.323 e. The molecule has 1 aliphatic heterocycles. The van der Waals surface area contributed by atoms with Crippen molar-refractivity contribution in [3.05, 3.63) is 33.7 Å². The predicted molar refractivity (Wildman–Crippen MR) is 79.4 cm³/mol. The molecule has 0 unspecified atom stereocenters. The Bertz CT molecular complexity index is 709. The van der Waals surface area contributed by atoms with Gasteiger partial charge in [0.05, 0.1) is 12.8 Å². The first-order chi connectivity index (χ1) is 10.2. The van der Waals surface area contributed by atoms with E-state index in [1.54, 1.807) is 12.3 Å². The second kappa shape index (κ2) is 5.95. The molecule has 6 nitrogen and oxygen atoms in total. The van der Waals surface area contributed by atoms with Crippen LogP contribution in [0.4, 0.5) is 0 Å². The van der Waals surface area contributed by atoms with Gasteiger partial charge < -0.3 is 4.74 Å². The number of thiazole rings is 1. The van der Waals surface area contributed by atoms with Crippen LogP contribution in [-0.4, -0.2) is 40.0 Å². The zero-order valence-corrected chi connectivity index (χ0v) is 12.6. The minimum absolute atomic E-state index is 0.0807. The first kappa shape index (κ1) is 14.2. The minimum Gasteiger partial charge on any atom is -0.468 e. The Labute approximate surface area is 126 Å². The van der Waals surface area contributed by atoms with E-state index in [0.717, 1.165) is 25.8 Å². The minimum atomic E-state index is -0.229. The Kier molecular flexibility index (Phi) is 4.03. The normalized spacial score (nSPS) is 19.8. The van der Waals surface area contributed by atoms with Crippen LogP contribution in [0, 0.1) is 0 Å². The van der Waals surface area contributed by atoms with Gasteiger partial charge >= 0.3 is 5.97 Å². The Morgan fingerprint density at radius 3 is 3.19 bits per heavy atom. The van der Waals surface area contributed by atoms with Crippen molar-refractivity contribution < 1.29 is 9.53 Å². The molecule has 1 fully saturated rings. The molecule has 112 valence electrons. The summed E-state index contributed by atoms with van der Waals surface area (Å²) in [6.07, 6.45) is 4.59. The number of methoxy groups -OCH3 is 1. The number of hydrogen-bond acceptors (Lipinski definition) is 6. The van der Waals surface area contributed by atoms with Crippen LogP contribution in [0.25, 0.3) is 4.96 Å². The molecule has 1 saturated heterocycles. The third-order valence-corrected chi connectivity index (χ3v) is 4.56. The van der Waals surface area contributed by atoms with Gasteiger partial charge in [-0.15, -0.1) is 11.3 Å². The van der Waals surface area contributed by atoms with E-state index in [4.69, 9.17) is 4.74 Å². The highest BCUT2D eigenvalue weighted by Crippen LogP contribution is 2.20. The second-order valence-corrected chi connectivity index (χ2v) is 6.02. The molecule has 0 saturated carbocycles. The second-order valence-electron chi connectivity index (χ2n) is 5.15. The fraction of sp³-hybridized carbons (Fsp3) is 0.500. The number of likely N-dealkylation sites (tertiary alicyclic amines) is 1. The molecule has 0 bridgehead atoms. The van der Waals surface area contributed by atoms with Crippen molar-refractivity contribution in [3.63, 3.8) is 0 Å². The van der Waals surface area contributed by atoms with Gasteiger partial charge in [-0.1, -0.05) is 6.42 Å². The highest BCUT2D eigenvalue weighted by atomic mass is 32.1. The molecule has 2 aromatic rings. The largest absolute Gasteiger partial charge is 0.468 e. The van der Waals surface area contributed by atoms with Crippen LogP contribution in [0.5, 0.6) is 0 Å². The number of hydrogen-bond donors (Lipinski definition) is 0. The molecule has 0 amide bonds. The van der Waals surface area contributed by atoms with E-state index in [1.807, 2.05) is 5.38 Å². The third-order valence-electron chi connectivity index (χ3n) is 3.81. The summed E-state index contributed by atoms with van der Waals surface area (Å²) in [5.74, 6) is -0.205. The lowest BCUT2D eigenvalue weighted by Crippen LogP contribution is -2.44. The summed E-state index contributed by atoms with van der Waals surface area (Å²) in [7, 11) is 1.41. The Morgan fingerprint density at radius 2 is 2.38 bits per heavy atom. The summed E-state index contributed by atoms with van der Waals surface area (Å²) in [5, 5.41) is 1.84. The van der Waals surface area contributed by atoms with Gasteiger partial charge in [-0.2, -0.15) is 0 Å². The predicted octanol–water partition coefficient (Wildman–Crippen LogP) is 1.28. The van der Waals surface area contributed by atoms with Gasteiger partial charge in [-0.3, -0.25) is 18.9 Å². The summed E-state index contributed by atoms with van der Waals surface area (Å²) in [5.41, 5.74) is 0.626. The summed E-state index contributed by atoms with van der Waals surface area (Å²) in [6.45, 7) is 1.33. The standard InChI is InChI=1S/C14H17N3O3S/c1-20-13(19)11-4-2-3-5-16(11)9-10-8-12(18)17-6-7-21-14(17)15-10/h6-8,11H,2-5,9H2,1H3/t11-/m1/s1. The molecule has 0 spiro atoms. The molecular formula is C14H17N3O3S. The van der Waals surface area contributed by atoms with Crippen LogP contribution in [0.1, 0.15) is 25.0 Å². The van der Waals surface area contributed by atoms with Gasteiger partial charge in [0.25, 0.3) is 5.56 Å². The van der Waals surface area contributed by atoms with Crippen LogP contribution >= 0.6 is 11.3 Å². The summed E-state index contributed by atoms with van der Waals surface area (Å²) in [6, 6.07) is 1.31. The SMILES string of the molecule is COC(=O)[C@H]1CCCCN1Cc1cc(=O)n2ccsc2n1. The fourth-order valence-electron chi connectivity index (χ4n) is 2.76. The van der Waals surface area contributed by atoms with Crippen molar-refractivity contribution in [2.75, 3.05) is 13.7 Å². The highest BCUT2D eigenvalue weighted by molar-refractivity contribution is 7.15. The number of ether oxygens (including phenoxy) is 1. The van der Waals surface area contributed by atoms with Gasteiger partial charge in [0, 0.05) is 24.2 Å². The highest BCUT2D eigenvalue weighted by Gasteiger charge is 2.29. The lowest BCUT2D eigenvalue weighted by molar-refractivity contribution is -0.148. The maximum absolute atomic E-state index is 12.0. The lowest BCUT2D eigenvalue weighted by atomic mass is 10.0. The van der Waals surface area contributed by atoms with Crippen molar-refractivity contribution in [1.29, 1.82) is 0 Å². The molecule has 1 aliphatic rings. The maximum atomic E-state index is 12.0. The molecule has 3 rings (SSSR count). The molecule has 0 radical (unpaired) electrons. The zero-order valence-electron chi connectivity index (χ0n) is 11.8. The van der Waals surface area contributed by atoms with E-state index in [0.29, 0.717) is 17.2 Å². The summed E-state index contributed by atoms with van der Waals surface area (Å²) < 4.78 is 6.40. The maximum Gasteiger partial charge on any atom is 0.323 e. The van der Waals surface area contributed by atoms with Gasteiger partial charge in [-0.25, -0.2) is 4.98 Å². The van der Waals surface area contributed by atoms with E-state index in [2.05, 4.69) is 9.88 Å². The van der Waals surface area contributed by atoms with E-state index < -0.39 is 0 Å². The first-order valence-corrected chi connectivity index (χ1v) is 7.84. The average Bonchev–Trinajstić information content (AvgIpc) is 2.96. The number of nitrogens with zero attached hydrogens (tertiary/aromatic N) is 3. The molecule has 3 heterocycles. The Balaban J connectivity index is 1.85. The van der Waals surface area contributed by atoms with Crippen LogP contribution in [0.2, 0.25) is 0 Å². The molecule has 0 aliphatic carbocycles. The van der Waals surface area contributed by atoms with Crippen molar-refractivity contribution in [1.82, 2.24) is 14.3 Å². The van der Waals surface area contributed by atoms with E-state index in [9.17, 15) is 9.59 Å². The van der Waals surface area contributed by atoms with E-state index >= 15 is 0 Å². The van der Waals surface area contributed by atoms with Crippen molar-refractivity contribution >= 4 is 22.3 Å². The number of aromatic nitrogens is 2. The van der Waals surface area contributed by atoms with Crippen molar-refractivity contribution in [2.45, 2.75) is 31.8 Å². The zero-order chi connectivity index (χ0) is 14.8. The van der Waals surface area contributed by atoms with Gasteiger partial charge in [0.1, 0.15) is 6.04 Å².